The van der Waals surface area contributed by atoms with E-state index >= 15 is 0 Å². The van der Waals surface area contributed by atoms with Crippen LogP contribution in [0.2, 0.25) is 0 Å². The minimum Gasteiger partial charge on any atom is -0.346 e. The number of pyridine rings is 1. The Morgan fingerprint density at radius 3 is 1.89 bits per heavy atom. The van der Waals surface area contributed by atoms with Crippen LogP contribution in [0.15, 0.2) is 77.6 Å². The third-order valence-corrected chi connectivity index (χ3v) is 5.75. The maximum Gasteiger partial charge on any atom is 0.416 e. The van der Waals surface area contributed by atoms with E-state index in [0.29, 0.717) is 39.7 Å². The van der Waals surface area contributed by atoms with Crippen molar-refractivity contribution in [2.24, 2.45) is 7.05 Å². The summed E-state index contributed by atoms with van der Waals surface area (Å²) >= 11 is 0. The molecule has 0 saturated carbocycles. The Hall–Kier alpha value is -4.08. The molecule has 0 atom stereocenters. The van der Waals surface area contributed by atoms with Crippen molar-refractivity contribution < 1.29 is 31.1 Å². The number of nitrogens with zero attached hydrogens (tertiary/aromatic N) is 1. The number of amides is 1. The molecule has 10 heteroatoms. The van der Waals surface area contributed by atoms with Gasteiger partial charge in [-0.1, -0.05) is 48.5 Å². The second-order valence-electron chi connectivity index (χ2n) is 8.07. The standard InChI is InChI=1S/C26H18F6N2O2/c1-34-21(22(15-7-3-2-4-8-15)19-9-5-6-10-20(19)24(34)36)14-33-23(35)16-11-17(25(27,28)29)13-18(12-16)26(30,31)32/h2-13H,14H2,1H3,(H,33,35). The normalized spacial score (nSPS) is 12.1. The molecule has 0 radical (unpaired) electrons. The lowest BCUT2D eigenvalue weighted by atomic mass is 9.96. The maximum atomic E-state index is 13.2. The molecule has 0 unspecified atom stereocenters. The van der Waals surface area contributed by atoms with Crippen molar-refractivity contribution in [3.8, 4) is 11.1 Å². The number of alkyl halides is 6. The number of rotatable bonds is 4. The largest absolute Gasteiger partial charge is 0.416 e. The molecule has 1 N–H and O–H groups in total. The van der Waals surface area contributed by atoms with Gasteiger partial charge in [-0.25, -0.2) is 0 Å². The molecule has 0 saturated heterocycles. The summed E-state index contributed by atoms with van der Waals surface area (Å²) in [7, 11) is 1.48. The lowest BCUT2D eigenvalue weighted by molar-refractivity contribution is -0.143. The van der Waals surface area contributed by atoms with Crippen molar-refractivity contribution in [2.75, 3.05) is 0 Å². The average Bonchev–Trinajstić information content (AvgIpc) is 2.84. The Kier molecular flexibility index (Phi) is 6.38. The van der Waals surface area contributed by atoms with E-state index in [-0.39, 0.29) is 18.2 Å². The molecule has 1 aromatic heterocycles. The summed E-state index contributed by atoms with van der Waals surface area (Å²) < 4.78 is 80.5. The van der Waals surface area contributed by atoms with Crippen LogP contribution >= 0.6 is 0 Å². The number of hydrogen-bond acceptors (Lipinski definition) is 2. The lowest BCUT2D eigenvalue weighted by Crippen LogP contribution is -2.29. The predicted molar refractivity (Wildman–Crippen MR) is 122 cm³/mol. The summed E-state index contributed by atoms with van der Waals surface area (Å²) in [6, 6.07) is 16.4. The first-order valence-corrected chi connectivity index (χ1v) is 10.6. The monoisotopic (exact) mass is 504 g/mol. The number of aromatic nitrogens is 1. The number of carbonyl (C=O) groups is 1. The van der Waals surface area contributed by atoms with Gasteiger partial charge in [-0.2, -0.15) is 26.3 Å². The zero-order valence-corrected chi connectivity index (χ0v) is 18.7. The zero-order chi connectivity index (χ0) is 26.3. The van der Waals surface area contributed by atoms with Gasteiger partial charge in [0, 0.05) is 29.3 Å². The Morgan fingerprint density at radius 2 is 1.33 bits per heavy atom. The molecule has 3 aromatic carbocycles. The zero-order valence-electron chi connectivity index (χ0n) is 18.7. The summed E-state index contributed by atoms with van der Waals surface area (Å²) in [6.45, 7) is -0.322. The highest BCUT2D eigenvalue weighted by Crippen LogP contribution is 2.36. The summed E-state index contributed by atoms with van der Waals surface area (Å²) in [5.41, 5.74) is -2.70. The van der Waals surface area contributed by atoms with Crippen molar-refractivity contribution in [1.29, 1.82) is 0 Å². The van der Waals surface area contributed by atoms with Crippen molar-refractivity contribution >= 4 is 16.7 Å². The number of nitrogens with one attached hydrogen (secondary N) is 1. The van der Waals surface area contributed by atoms with Crippen LogP contribution in [0, 0.1) is 0 Å². The Morgan fingerprint density at radius 1 is 0.806 bits per heavy atom. The molecule has 186 valence electrons. The molecule has 36 heavy (non-hydrogen) atoms. The molecule has 0 aliphatic heterocycles. The van der Waals surface area contributed by atoms with E-state index in [4.69, 9.17) is 0 Å². The SMILES string of the molecule is Cn1c(CNC(=O)c2cc(C(F)(F)F)cc(C(F)(F)F)c2)c(-c2ccccc2)c2ccccc2c1=O. The molecule has 4 nitrogen and oxygen atoms in total. The van der Waals surface area contributed by atoms with Crippen LogP contribution in [0.1, 0.15) is 27.2 Å². The average molecular weight is 504 g/mol. The van der Waals surface area contributed by atoms with Crippen LogP contribution in [0.4, 0.5) is 26.3 Å². The van der Waals surface area contributed by atoms with Crippen LogP contribution in [0.5, 0.6) is 0 Å². The van der Waals surface area contributed by atoms with E-state index in [9.17, 15) is 35.9 Å². The first kappa shape index (κ1) is 25.0. The van der Waals surface area contributed by atoms with Crippen molar-refractivity contribution in [3.63, 3.8) is 0 Å². The van der Waals surface area contributed by atoms with Crippen LogP contribution < -0.4 is 10.9 Å². The molecule has 0 bridgehead atoms. The Bertz CT molecular complexity index is 1470. The molecule has 1 amide bonds. The van der Waals surface area contributed by atoms with E-state index in [1.54, 1.807) is 54.6 Å². The quantitative estimate of drug-likeness (QED) is 0.338. The van der Waals surface area contributed by atoms with Crippen LogP contribution in [0.3, 0.4) is 0 Å². The van der Waals surface area contributed by atoms with Gasteiger partial charge in [-0.3, -0.25) is 9.59 Å². The molecule has 0 fully saturated rings. The van der Waals surface area contributed by atoms with Gasteiger partial charge in [0.25, 0.3) is 11.5 Å². The second-order valence-corrected chi connectivity index (χ2v) is 8.07. The fourth-order valence-corrected chi connectivity index (χ4v) is 4.00. The number of hydrogen-bond donors (Lipinski definition) is 1. The summed E-state index contributed by atoms with van der Waals surface area (Å²) in [5, 5.41) is 3.39. The second kappa shape index (κ2) is 9.18. The Labute approximate surface area is 200 Å². The summed E-state index contributed by atoms with van der Waals surface area (Å²) in [6.07, 6.45) is -10.2. The maximum absolute atomic E-state index is 13.2. The third-order valence-electron chi connectivity index (χ3n) is 5.75. The topological polar surface area (TPSA) is 51.1 Å². The lowest BCUT2D eigenvalue weighted by Gasteiger charge is -2.19. The molecule has 0 spiro atoms. The van der Waals surface area contributed by atoms with Gasteiger partial charge in [0.05, 0.1) is 17.7 Å². The molecule has 4 aromatic rings. The Balaban J connectivity index is 1.79. The van der Waals surface area contributed by atoms with Crippen molar-refractivity contribution in [3.05, 3.63) is 106 Å². The number of fused-ring (bicyclic) bond motifs is 1. The number of carbonyl (C=O) groups excluding carboxylic acids is 1. The van der Waals surface area contributed by atoms with E-state index < -0.39 is 35.0 Å². The van der Waals surface area contributed by atoms with Crippen LogP contribution in [0.25, 0.3) is 21.9 Å². The highest BCUT2D eigenvalue weighted by Gasteiger charge is 2.37. The fraction of sp³-hybridized carbons (Fsp3) is 0.154. The van der Waals surface area contributed by atoms with Crippen molar-refractivity contribution in [1.82, 2.24) is 9.88 Å². The van der Waals surface area contributed by atoms with Crippen LogP contribution in [-0.2, 0) is 25.9 Å². The van der Waals surface area contributed by atoms with Crippen molar-refractivity contribution in [2.45, 2.75) is 18.9 Å². The molecule has 0 aliphatic rings. The van der Waals surface area contributed by atoms with Gasteiger partial charge in [0.15, 0.2) is 0 Å². The first-order valence-electron chi connectivity index (χ1n) is 10.6. The molecule has 4 rings (SSSR count). The summed E-state index contributed by atoms with van der Waals surface area (Å²) in [5.74, 6) is -1.15. The number of benzene rings is 3. The molecular weight excluding hydrogens is 486 g/mol. The smallest absolute Gasteiger partial charge is 0.346 e. The minimum atomic E-state index is -5.08. The van der Waals surface area contributed by atoms with Gasteiger partial charge < -0.3 is 9.88 Å². The first-order chi connectivity index (χ1) is 16.9. The van der Waals surface area contributed by atoms with E-state index in [1.165, 1.54) is 11.6 Å². The number of halogens is 6. The van der Waals surface area contributed by atoms with Gasteiger partial charge >= 0.3 is 12.4 Å². The van der Waals surface area contributed by atoms with Gasteiger partial charge in [-0.15, -0.1) is 0 Å². The fourth-order valence-electron chi connectivity index (χ4n) is 4.00. The third kappa shape index (κ3) is 4.84. The van der Waals surface area contributed by atoms with E-state index in [0.717, 1.165) is 0 Å². The van der Waals surface area contributed by atoms with Gasteiger partial charge in [0.1, 0.15) is 0 Å². The molecular formula is C26H18F6N2O2. The molecule has 1 heterocycles. The van der Waals surface area contributed by atoms with Gasteiger partial charge in [0.2, 0.25) is 0 Å². The highest BCUT2D eigenvalue weighted by molar-refractivity contribution is 5.98. The van der Waals surface area contributed by atoms with Crippen LogP contribution in [-0.4, -0.2) is 10.5 Å². The van der Waals surface area contributed by atoms with E-state index in [2.05, 4.69) is 5.32 Å². The van der Waals surface area contributed by atoms with E-state index in [1.807, 2.05) is 0 Å². The van der Waals surface area contributed by atoms with Gasteiger partial charge in [-0.05, 0) is 35.2 Å². The predicted octanol–water partition coefficient (Wildman–Crippen LogP) is 6.17. The highest BCUT2D eigenvalue weighted by atomic mass is 19.4. The minimum absolute atomic E-state index is 0.0443. The summed E-state index contributed by atoms with van der Waals surface area (Å²) in [4.78, 5) is 25.7. The molecule has 0 aliphatic carbocycles.